The number of nitrogens with one attached hydrogen (secondary N) is 1. The molecule has 0 saturated carbocycles. The highest BCUT2D eigenvalue weighted by Gasteiger charge is 2.25. The molecule has 3 atom stereocenters. The van der Waals surface area contributed by atoms with Gasteiger partial charge >= 0.3 is 0 Å². The lowest BCUT2D eigenvalue weighted by molar-refractivity contribution is 0.00719. The van der Waals surface area contributed by atoms with Crippen LogP contribution >= 0.6 is 0 Å². The Bertz CT molecular complexity index is 200. The Morgan fingerprint density at radius 1 is 1.44 bits per heavy atom. The molecule has 0 radical (unpaired) electrons. The maximum absolute atomic E-state index is 5.45. The average molecular weight is 229 g/mol. The lowest BCUT2D eigenvalue weighted by atomic mass is 9.96. The van der Waals surface area contributed by atoms with E-state index in [0.29, 0.717) is 18.0 Å². The van der Waals surface area contributed by atoms with E-state index < -0.39 is 0 Å². The van der Waals surface area contributed by atoms with Crippen molar-refractivity contribution in [2.75, 3.05) is 20.3 Å². The molecule has 3 unspecified atom stereocenters. The minimum atomic E-state index is -0.0433. The molecule has 0 bridgehead atoms. The predicted octanol–water partition coefficient (Wildman–Crippen LogP) is 2.20. The molecule has 0 aromatic rings. The summed E-state index contributed by atoms with van der Waals surface area (Å²) in [5.41, 5.74) is -0.0433. The van der Waals surface area contributed by atoms with Crippen molar-refractivity contribution in [2.24, 2.45) is 5.92 Å². The van der Waals surface area contributed by atoms with Gasteiger partial charge in [0.05, 0.1) is 12.2 Å². The second-order valence-corrected chi connectivity index (χ2v) is 5.65. The van der Waals surface area contributed by atoms with Crippen LogP contribution in [0, 0.1) is 5.92 Å². The van der Waals surface area contributed by atoms with E-state index in [-0.39, 0.29) is 5.60 Å². The van der Waals surface area contributed by atoms with E-state index in [4.69, 9.17) is 9.47 Å². The van der Waals surface area contributed by atoms with Crippen LogP contribution in [-0.2, 0) is 9.47 Å². The van der Waals surface area contributed by atoms with E-state index in [1.54, 1.807) is 7.11 Å². The number of methoxy groups -OCH3 is 1. The van der Waals surface area contributed by atoms with Crippen LogP contribution in [0.1, 0.15) is 40.5 Å². The molecule has 3 nitrogen and oxygen atoms in total. The fourth-order valence-electron chi connectivity index (χ4n) is 2.41. The standard InChI is InChI=1S/C13H27NO2/c1-10(8-13(3,4)15-5)14-11(2)12-6-7-16-9-12/h10-12,14H,6-9H2,1-5H3. The van der Waals surface area contributed by atoms with Gasteiger partial charge in [0.25, 0.3) is 0 Å². The van der Waals surface area contributed by atoms with Gasteiger partial charge in [-0.2, -0.15) is 0 Å². The van der Waals surface area contributed by atoms with Crippen molar-refractivity contribution in [1.82, 2.24) is 5.32 Å². The van der Waals surface area contributed by atoms with Gasteiger partial charge in [0, 0.05) is 25.8 Å². The molecule has 1 fully saturated rings. The Balaban J connectivity index is 2.30. The highest BCUT2D eigenvalue weighted by molar-refractivity contribution is 4.81. The summed E-state index contributed by atoms with van der Waals surface area (Å²) in [6.45, 7) is 10.6. The molecule has 3 heteroatoms. The van der Waals surface area contributed by atoms with Crippen LogP contribution in [0.25, 0.3) is 0 Å². The first-order chi connectivity index (χ1) is 7.44. The van der Waals surface area contributed by atoms with Gasteiger partial charge < -0.3 is 14.8 Å². The molecule has 0 amide bonds. The summed E-state index contributed by atoms with van der Waals surface area (Å²) in [5.74, 6) is 0.674. The van der Waals surface area contributed by atoms with Gasteiger partial charge in [-0.05, 0) is 46.5 Å². The lowest BCUT2D eigenvalue weighted by Crippen LogP contribution is -2.43. The lowest BCUT2D eigenvalue weighted by Gasteiger charge is -2.30. The second-order valence-electron chi connectivity index (χ2n) is 5.65. The highest BCUT2D eigenvalue weighted by atomic mass is 16.5. The fraction of sp³-hybridized carbons (Fsp3) is 1.00. The topological polar surface area (TPSA) is 30.5 Å². The summed E-state index contributed by atoms with van der Waals surface area (Å²) in [6, 6.07) is 1.01. The quantitative estimate of drug-likeness (QED) is 0.757. The molecular weight excluding hydrogens is 202 g/mol. The third-order valence-corrected chi connectivity index (χ3v) is 3.57. The number of hydrogen-bond donors (Lipinski definition) is 1. The maximum atomic E-state index is 5.45. The Morgan fingerprint density at radius 3 is 2.62 bits per heavy atom. The van der Waals surface area contributed by atoms with Gasteiger partial charge in [0.15, 0.2) is 0 Å². The zero-order chi connectivity index (χ0) is 12.2. The highest BCUT2D eigenvalue weighted by Crippen LogP contribution is 2.19. The van der Waals surface area contributed by atoms with Gasteiger partial charge in [-0.15, -0.1) is 0 Å². The minimum absolute atomic E-state index is 0.0433. The van der Waals surface area contributed by atoms with Crippen LogP contribution in [0.4, 0.5) is 0 Å². The van der Waals surface area contributed by atoms with Crippen LogP contribution in [0.5, 0.6) is 0 Å². The van der Waals surface area contributed by atoms with E-state index in [9.17, 15) is 0 Å². The third-order valence-electron chi connectivity index (χ3n) is 3.57. The summed E-state index contributed by atoms with van der Waals surface area (Å²) < 4.78 is 10.9. The molecule has 1 heterocycles. The Labute approximate surface area is 99.9 Å². The number of hydrogen-bond acceptors (Lipinski definition) is 3. The van der Waals surface area contributed by atoms with Gasteiger partial charge in [-0.3, -0.25) is 0 Å². The second kappa shape index (κ2) is 5.99. The predicted molar refractivity (Wildman–Crippen MR) is 66.7 cm³/mol. The first kappa shape index (κ1) is 13.9. The van der Waals surface area contributed by atoms with Crippen molar-refractivity contribution in [3.8, 4) is 0 Å². The van der Waals surface area contributed by atoms with Gasteiger partial charge in [-0.25, -0.2) is 0 Å². The van der Waals surface area contributed by atoms with E-state index in [0.717, 1.165) is 19.6 Å². The van der Waals surface area contributed by atoms with Crippen molar-refractivity contribution < 1.29 is 9.47 Å². The number of rotatable bonds is 6. The molecule has 0 aromatic heterocycles. The average Bonchev–Trinajstić information content (AvgIpc) is 2.69. The van der Waals surface area contributed by atoms with Crippen molar-refractivity contribution in [3.05, 3.63) is 0 Å². The molecule has 1 aliphatic heterocycles. The maximum Gasteiger partial charge on any atom is 0.0637 e. The molecular formula is C13H27NO2. The molecule has 1 rings (SSSR count). The van der Waals surface area contributed by atoms with Crippen molar-refractivity contribution in [3.63, 3.8) is 0 Å². The SMILES string of the molecule is COC(C)(C)CC(C)NC(C)C1CCOC1. The Kier molecular flexibility index (Phi) is 5.22. The van der Waals surface area contributed by atoms with Crippen LogP contribution in [0.3, 0.4) is 0 Å². The van der Waals surface area contributed by atoms with Crippen LogP contribution in [-0.4, -0.2) is 38.0 Å². The Hall–Kier alpha value is -0.120. The molecule has 1 saturated heterocycles. The molecule has 1 aliphatic rings. The van der Waals surface area contributed by atoms with Crippen LogP contribution in [0.2, 0.25) is 0 Å². The van der Waals surface area contributed by atoms with E-state index in [1.165, 1.54) is 6.42 Å². The van der Waals surface area contributed by atoms with Crippen LogP contribution < -0.4 is 5.32 Å². The molecule has 16 heavy (non-hydrogen) atoms. The van der Waals surface area contributed by atoms with Gasteiger partial charge in [-0.1, -0.05) is 0 Å². The third kappa shape index (κ3) is 4.40. The van der Waals surface area contributed by atoms with E-state index in [2.05, 4.69) is 33.0 Å². The summed E-state index contributed by atoms with van der Waals surface area (Å²) in [6.07, 6.45) is 2.22. The van der Waals surface area contributed by atoms with E-state index in [1.807, 2.05) is 0 Å². The first-order valence-corrected chi connectivity index (χ1v) is 6.33. The summed E-state index contributed by atoms with van der Waals surface area (Å²) >= 11 is 0. The Morgan fingerprint density at radius 2 is 2.12 bits per heavy atom. The van der Waals surface area contributed by atoms with Gasteiger partial charge in [0.1, 0.15) is 0 Å². The fourth-order valence-corrected chi connectivity index (χ4v) is 2.41. The molecule has 1 N–H and O–H groups in total. The van der Waals surface area contributed by atoms with E-state index >= 15 is 0 Å². The zero-order valence-electron chi connectivity index (χ0n) is 11.4. The van der Waals surface area contributed by atoms with Crippen molar-refractivity contribution in [2.45, 2.75) is 58.2 Å². The minimum Gasteiger partial charge on any atom is -0.381 e. The molecule has 0 aromatic carbocycles. The largest absolute Gasteiger partial charge is 0.381 e. The van der Waals surface area contributed by atoms with Gasteiger partial charge in [0.2, 0.25) is 0 Å². The monoisotopic (exact) mass is 229 g/mol. The summed E-state index contributed by atoms with van der Waals surface area (Å²) in [7, 11) is 1.78. The first-order valence-electron chi connectivity index (χ1n) is 6.33. The summed E-state index contributed by atoms with van der Waals surface area (Å²) in [4.78, 5) is 0. The smallest absolute Gasteiger partial charge is 0.0637 e. The molecule has 96 valence electrons. The van der Waals surface area contributed by atoms with Crippen LogP contribution in [0.15, 0.2) is 0 Å². The zero-order valence-corrected chi connectivity index (χ0v) is 11.4. The summed E-state index contributed by atoms with van der Waals surface area (Å²) in [5, 5.41) is 3.65. The van der Waals surface area contributed by atoms with Crippen molar-refractivity contribution >= 4 is 0 Å². The normalized spacial score (nSPS) is 25.7. The molecule has 0 spiro atoms. The van der Waals surface area contributed by atoms with Crippen molar-refractivity contribution in [1.29, 1.82) is 0 Å². The number of ether oxygens (including phenoxy) is 2. The molecule has 0 aliphatic carbocycles.